The van der Waals surface area contributed by atoms with Crippen LogP contribution >= 0.6 is 11.6 Å². The van der Waals surface area contributed by atoms with Gasteiger partial charge in [-0.3, -0.25) is 4.57 Å². The number of halogens is 4. The minimum atomic E-state index is -1.29. The summed E-state index contributed by atoms with van der Waals surface area (Å²) in [5.74, 6) is -3.35. The Labute approximate surface area is 136 Å². The molecule has 118 valence electrons. The van der Waals surface area contributed by atoms with Crippen LogP contribution in [0.3, 0.4) is 0 Å². The van der Waals surface area contributed by atoms with Crippen molar-refractivity contribution < 1.29 is 13.2 Å². The van der Waals surface area contributed by atoms with Crippen LogP contribution in [0.4, 0.5) is 13.2 Å². The normalized spacial score (nSPS) is 11.0. The number of nitrogens with zero attached hydrogens (tertiary/aromatic N) is 2. The lowest BCUT2D eigenvalue weighted by atomic mass is 10.1. The van der Waals surface area contributed by atoms with Crippen LogP contribution in [-0.2, 0) is 0 Å². The number of benzene rings is 2. The van der Waals surface area contributed by atoms with Gasteiger partial charge in [-0.2, -0.15) is 0 Å². The summed E-state index contributed by atoms with van der Waals surface area (Å²) in [7, 11) is 0. The molecule has 2 aromatic carbocycles. The van der Waals surface area contributed by atoms with E-state index in [4.69, 9.17) is 11.6 Å². The van der Waals surface area contributed by atoms with Crippen LogP contribution in [0, 0.1) is 31.3 Å². The third kappa shape index (κ3) is 2.61. The first-order valence-electron chi connectivity index (χ1n) is 6.84. The quantitative estimate of drug-likeness (QED) is 0.586. The number of hydrogen-bond acceptors (Lipinski definition) is 1. The first-order valence-corrected chi connectivity index (χ1v) is 7.22. The highest BCUT2D eigenvalue weighted by atomic mass is 35.5. The van der Waals surface area contributed by atoms with Gasteiger partial charge in [0.25, 0.3) is 0 Å². The number of rotatable bonds is 2. The zero-order chi connectivity index (χ0) is 16.7. The van der Waals surface area contributed by atoms with Gasteiger partial charge in [0.15, 0.2) is 16.8 Å². The highest BCUT2D eigenvalue weighted by molar-refractivity contribution is 6.32. The molecule has 0 saturated heterocycles. The number of imidazole rings is 1. The van der Waals surface area contributed by atoms with E-state index in [-0.39, 0.29) is 10.8 Å². The second kappa shape index (κ2) is 5.74. The van der Waals surface area contributed by atoms with Crippen molar-refractivity contribution in [3.05, 3.63) is 70.4 Å². The Morgan fingerprint density at radius 3 is 2.35 bits per heavy atom. The second-order valence-corrected chi connectivity index (χ2v) is 5.60. The van der Waals surface area contributed by atoms with E-state index in [1.165, 1.54) is 10.9 Å². The number of hydrogen-bond donors (Lipinski definition) is 0. The van der Waals surface area contributed by atoms with E-state index in [2.05, 4.69) is 4.98 Å². The van der Waals surface area contributed by atoms with E-state index in [0.717, 1.165) is 23.3 Å². The molecule has 0 amide bonds. The third-order valence-corrected chi connectivity index (χ3v) is 4.05. The van der Waals surface area contributed by atoms with E-state index >= 15 is 0 Å². The first-order chi connectivity index (χ1) is 10.9. The zero-order valence-corrected chi connectivity index (χ0v) is 13.1. The van der Waals surface area contributed by atoms with E-state index in [9.17, 15) is 13.2 Å². The predicted octanol–water partition coefficient (Wildman–Crippen LogP) is 5.23. The van der Waals surface area contributed by atoms with Crippen molar-refractivity contribution in [1.29, 1.82) is 0 Å². The van der Waals surface area contributed by atoms with Gasteiger partial charge in [-0.15, -0.1) is 0 Å². The van der Waals surface area contributed by atoms with Crippen LogP contribution in [0.5, 0.6) is 0 Å². The lowest BCUT2D eigenvalue weighted by Crippen LogP contribution is -2.02. The molecule has 1 heterocycles. The summed E-state index contributed by atoms with van der Waals surface area (Å²) in [4.78, 5) is 3.91. The molecule has 0 aliphatic carbocycles. The Balaban J connectivity index is 2.29. The minimum absolute atomic E-state index is 0.0237. The molecule has 0 aliphatic heterocycles. The average molecular weight is 337 g/mol. The van der Waals surface area contributed by atoms with Crippen LogP contribution < -0.4 is 0 Å². The molecule has 3 aromatic rings. The summed E-state index contributed by atoms with van der Waals surface area (Å²) in [6.45, 7) is 3.87. The van der Waals surface area contributed by atoms with Crippen molar-refractivity contribution in [2.24, 2.45) is 0 Å². The molecule has 6 heteroatoms. The lowest BCUT2D eigenvalue weighted by molar-refractivity contribution is 0.498. The van der Waals surface area contributed by atoms with Crippen LogP contribution in [0.15, 0.2) is 36.7 Å². The Kier molecular flexibility index (Phi) is 3.90. The van der Waals surface area contributed by atoms with Crippen molar-refractivity contribution >= 4 is 11.6 Å². The van der Waals surface area contributed by atoms with Crippen LogP contribution in [-0.4, -0.2) is 9.55 Å². The molecular weight excluding hydrogens is 325 g/mol. The molecule has 0 aliphatic rings. The Morgan fingerprint density at radius 1 is 0.957 bits per heavy atom. The maximum absolute atomic E-state index is 14.1. The van der Waals surface area contributed by atoms with Gasteiger partial charge in [0, 0.05) is 5.69 Å². The molecule has 0 unspecified atom stereocenters. The molecule has 0 spiro atoms. The molecule has 3 rings (SSSR count). The molecule has 23 heavy (non-hydrogen) atoms. The van der Waals surface area contributed by atoms with Crippen molar-refractivity contribution in [3.8, 4) is 16.9 Å². The summed E-state index contributed by atoms with van der Waals surface area (Å²) < 4.78 is 43.2. The molecule has 1 aromatic heterocycles. The largest absolute Gasteiger partial charge is 0.297 e. The molecule has 2 nitrogen and oxygen atoms in total. The van der Waals surface area contributed by atoms with E-state index in [1.54, 1.807) is 6.07 Å². The smallest absolute Gasteiger partial charge is 0.171 e. The molecule has 0 N–H and O–H groups in total. The van der Waals surface area contributed by atoms with Gasteiger partial charge in [-0.05, 0) is 49.2 Å². The van der Waals surface area contributed by atoms with Crippen LogP contribution in [0.2, 0.25) is 5.15 Å². The van der Waals surface area contributed by atoms with Gasteiger partial charge in [0.05, 0.1) is 11.3 Å². The molecular formula is C17H12ClF3N2. The van der Waals surface area contributed by atoms with Gasteiger partial charge >= 0.3 is 0 Å². The molecule has 0 fully saturated rings. The number of aromatic nitrogens is 2. The van der Waals surface area contributed by atoms with E-state index in [0.29, 0.717) is 5.69 Å². The summed E-state index contributed by atoms with van der Waals surface area (Å²) in [6, 6.07) is 7.09. The van der Waals surface area contributed by atoms with Crippen molar-refractivity contribution in [3.63, 3.8) is 0 Å². The number of aryl methyl sites for hydroxylation is 2. The topological polar surface area (TPSA) is 17.8 Å². The summed E-state index contributed by atoms with van der Waals surface area (Å²) in [5.41, 5.74) is 2.14. The molecule has 0 saturated carbocycles. The molecule has 0 bridgehead atoms. The van der Waals surface area contributed by atoms with Crippen LogP contribution in [0.1, 0.15) is 11.1 Å². The van der Waals surface area contributed by atoms with Crippen molar-refractivity contribution in [2.75, 3.05) is 0 Å². The van der Waals surface area contributed by atoms with E-state index < -0.39 is 23.0 Å². The Hall–Kier alpha value is -2.27. The van der Waals surface area contributed by atoms with Gasteiger partial charge in [0.1, 0.15) is 12.1 Å². The highest BCUT2D eigenvalue weighted by Crippen LogP contribution is 2.34. The Morgan fingerprint density at radius 2 is 1.65 bits per heavy atom. The fourth-order valence-electron chi connectivity index (χ4n) is 2.37. The fraction of sp³-hybridized carbons (Fsp3) is 0.118. The van der Waals surface area contributed by atoms with Gasteiger partial charge in [-0.1, -0.05) is 17.7 Å². The summed E-state index contributed by atoms with van der Waals surface area (Å²) >= 11 is 6.01. The SMILES string of the molecule is Cc1ccc(-n2cnc(Cl)c2-c2c(F)ccc(F)c2F)cc1C. The predicted molar refractivity (Wildman–Crippen MR) is 83.4 cm³/mol. The minimum Gasteiger partial charge on any atom is -0.297 e. The lowest BCUT2D eigenvalue weighted by Gasteiger charge is -2.12. The summed E-state index contributed by atoms with van der Waals surface area (Å²) in [6.07, 6.45) is 1.35. The van der Waals surface area contributed by atoms with Gasteiger partial charge < -0.3 is 0 Å². The summed E-state index contributed by atoms with van der Waals surface area (Å²) in [5, 5.41) is -0.105. The molecule has 0 atom stereocenters. The third-order valence-electron chi connectivity index (χ3n) is 3.77. The molecule has 0 radical (unpaired) electrons. The van der Waals surface area contributed by atoms with Gasteiger partial charge in [-0.25, -0.2) is 18.2 Å². The first kappa shape index (κ1) is 15.6. The Bertz CT molecular complexity index is 903. The standard InChI is InChI=1S/C17H12ClF3N2/c1-9-3-4-11(7-10(9)2)23-8-22-17(18)16(23)14-12(19)5-6-13(20)15(14)21/h3-8H,1-2H3. The van der Waals surface area contributed by atoms with Crippen molar-refractivity contribution in [2.45, 2.75) is 13.8 Å². The maximum Gasteiger partial charge on any atom is 0.171 e. The fourth-order valence-corrected chi connectivity index (χ4v) is 2.59. The van der Waals surface area contributed by atoms with Gasteiger partial charge in [0.2, 0.25) is 0 Å². The van der Waals surface area contributed by atoms with Crippen molar-refractivity contribution in [1.82, 2.24) is 9.55 Å². The average Bonchev–Trinajstić information content (AvgIpc) is 2.88. The highest BCUT2D eigenvalue weighted by Gasteiger charge is 2.23. The van der Waals surface area contributed by atoms with E-state index in [1.807, 2.05) is 26.0 Å². The second-order valence-electron chi connectivity index (χ2n) is 5.24. The maximum atomic E-state index is 14.1. The van der Waals surface area contributed by atoms with Crippen LogP contribution in [0.25, 0.3) is 16.9 Å². The zero-order valence-electron chi connectivity index (χ0n) is 12.4. The monoisotopic (exact) mass is 336 g/mol.